The molecule has 182 valence electrons. The number of piperidine rings is 1. The molecule has 2 aliphatic heterocycles. The molecule has 1 amide bonds. The van der Waals surface area contributed by atoms with Gasteiger partial charge in [-0.1, -0.05) is 0 Å². The molecule has 11 nitrogen and oxygen atoms in total. The average molecular weight is 468 g/mol. The van der Waals surface area contributed by atoms with Crippen LogP contribution in [-0.2, 0) is 7.05 Å². The molecule has 0 saturated carbocycles. The van der Waals surface area contributed by atoms with Crippen LogP contribution in [0.1, 0.15) is 65.4 Å². The summed E-state index contributed by atoms with van der Waals surface area (Å²) in [7, 11) is 3.37. The number of carbonyl (C=O) groups excluding carboxylic acids is 1. The summed E-state index contributed by atoms with van der Waals surface area (Å²) in [4.78, 5) is 22.6. The number of aryl methyl sites for hydroxylation is 2. The second-order valence-electron chi connectivity index (χ2n) is 9.39. The molecule has 0 spiro atoms. The molecule has 2 aliphatic rings. The Kier molecular flexibility index (Phi) is 6.00. The average Bonchev–Trinajstić information content (AvgIpc) is 3.55. The maximum Gasteiger partial charge on any atom is 0.272 e. The Morgan fingerprint density at radius 2 is 2.06 bits per heavy atom. The Bertz CT molecular complexity index is 1200. The lowest BCUT2D eigenvalue weighted by Crippen LogP contribution is -2.39. The lowest BCUT2D eigenvalue weighted by atomic mass is 9.99. The van der Waals surface area contributed by atoms with Crippen LogP contribution in [0.2, 0.25) is 0 Å². The van der Waals surface area contributed by atoms with Crippen LogP contribution >= 0.6 is 0 Å². The predicted octanol–water partition coefficient (Wildman–Crippen LogP) is 0.886. The number of hydrogen-bond acceptors (Lipinski definition) is 8. The van der Waals surface area contributed by atoms with Crippen LogP contribution in [0.4, 0.5) is 5.82 Å². The van der Waals surface area contributed by atoms with Crippen molar-refractivity contribution < 1.29 is 9.90 Å². The van der Waals surface area contributed by atoms with Gasteiger partial charge in [0.15, 0.2) is 5.65 Å². The molecule has 3 aromatic rings. The molecular formula is C23H33N9O2. The van der Waals surface area contributed by atoms with E-state index in [0.29, 0.717) is 17.9 Å². The van der Waals surface area contributed by atoms with Gasteiger partial charge in [-0.15, -0.1) is 0 Å². The van der Waals surface area contributed by atoms with Crippen molar-refractivity contribution in [2.24, 2.45) is 12.8 Å². The molecule has 0 radical (unpaired) electrons. The van der Waals surface area contributed by atoms with E-state index in [1.165, 1.54) is 4.68 Å². The van der Waals surface area contributed by atoms with Gasteiger partial charge in [0.2, 0.25) is 0 Å². The fourth-order valence-electron chi connectivity index (χ4n) is 5.08. The van der Waals surface area contributed by atoms with Crippen LogP contribution in [0.15, 0.2) is 18.3 Å². The number of fused-ring (bicyclic) bond motifs is 1. The highest BCUT2D eigenvalue weighted by Crippen LogP contribution is 2.33. The molecule has 2 saturated heterocycles. The Balaban J connectivity index is 1.45. The zero-order valence-electron chi connectivity index (χ0n) is 20.0. The highest BCUT2D eigenvalue weighted by molar-refractivity contribution is 5.93. The Morgan fingerprint density at radius 1 is 1.24 bits per heavy atom. The first-order valence-electron chi connectivity index (χ1n) is 11.9. The summed E-state index contributed by atoms with van der Waals surface area (Å²) in [6.45, 7) is 4.41. The Labute approximate surface area is 198 Å². The van der Waals surface area contributed by atoms with Gasteiger partial charge in [-0.2, -0.15) is 10.2 Å². The van der Waals surface area contributed by atoms with E-state index in [9.17, 15) is 9.90 Å². The monoisotopic (exact) mass is 467 g/mol. The van der Waals surface area contributed by atoms with E-state index >= 15 is 0 Å². The first-order chi connectivity index (χ1) is 16.4. The van der Waals surface area contributed by atoms with Crippen molar-refractivity contribution in [3.63, 3.8) is 0 Å². The number of carbonyl (C=O) groups is 1. The van der Waals surface area contributed by atoms with E-state index in [-0.39, 0.29) is 18.0 Å². The largest absolute Gasteiger partial charge is 0.373 e. The molecule has 2 fully saturated rings. The van der Waals surface area contributed by atoms with Crippen molar-refractivity contribution in [2.75, 3.05) is 31.6 Å². The normalized spacial score (nSPS) is 22.0. The molecule has 4 N–H and O–H groups in total. The van der Waals surface area contributed by atoms with Crippen LogP contribution in [0, 0.1) is 6.92 Å². The molecular weight excluding hydrogens is 434 g/mol. The standard InChI is InChI=1S/C23H33N9O2/c1-14-12-32-20(26-21(14)30-9-7-15(24)13-30)11-16(28-32)18-6-4-5-8-31(18)23(34)19-10-17(22(33)25-2)27-29(19)3/h10-12,15,18,22,25,33H,4-9,13,24H2,1-3H3. The summed E-state index contributed by atoms with van der Waals surface area (Å²) in [5, 5.41) is 21.9. The number of hydrogen-bond donors (Lipinski definition) is 3. The highest BCUT2D eigenvalue weighted by atomic mass is 16.3. The summed E-state index contributed by atoms with van der Waals surface area (Å²) in [5.74, 6) is 0.844. The number of nitrogens with two attached hydrogens (primary N) is 1. The molecule has 5 rings (SSSR count). The van der Waals surface area contributed by atoms with Crippen molar-refractivity contribution in [1.29, 1.82) is 0 Å². The van der Waals surface area contributed by atoms with Crippen LogP contribution in [0.5, 0.6) is 0 Å². The molecule has 0 aliphatic carbocycles. The predicted molar refractivity (Wildman–Crippen MR) is 127 cm³/mol. The molecule has 5 heterocycles. The van der Waals surface area contributed by atoms with E-state index in [1.54, 1.807) is 20.2 Å². The van der Waals surface area contributed by atoms with Gasteiger partial charge in [0.1, 0.15) is 23.4 Å². The van der Waals surface area contributed by atoms with Gasteiger partial charge < -0.3 is 20.6 Å². The van der Waals surface area contributed by atoms with Crippen molar-refractivity contribution in [2.45, 2.75) is 50.9 Å². The molecule has 34 heavy (non-hydrogen) atoms. The third-order valence-corrected chi connectivity index (χ3v) is 6.92. The minimum Gasteiger partial charge on any atom is -0.373 e. The number of rotatable bonds is 5. The quantitative estimate of drug-likeness (QED) is 0.472. The maximum atomic E-state index is 13.6. The number of aromatic nitrogens is 5. The summed E-state index contributed by atoms with van der Waals surface area (Å²) >= 11 is 0. The molecule has 11 heteroatoms. The zero-order chi connectivity index (χ0) is 24.0. The number of amides is 1. The topological polar surface area (TPSA) is 130 Å². The first-order valence-corrected chi connectivity index (χ1v) is 11.9. The maximum absolute atomic E-state index is 13.6. The summed E-state index contributed by atoms with van der Waals surface area (Å²) < 4.78 is 3.35. The van der Waals surface area contributed by atoms with Gasteiger partial charge in [-0.25, -0.2) is 9.50 Å². The van der Waals surface area contributed by atoms with Gasteiger partial charge in [0.05, 0.1) is 11.7 Å². The number of aliphatic hydroxyl groups is 1. The third kappa shape index (κ3) is 4.04. The SMILES string of the molecule is CNC(O)c1cc(C(=O)N2CCCCC2c2cc3nc(N4CCC(N)C4)c(C)cn3n2)n(C)n1. The number of likely N-dealkylation sites (tertiary alicyclic amines) is 1. The van der Waals surface area contributed by atoms with E-state index in [2.05, 4.69) is 15.3 Å². The molecule has 3 aromatic heterocycles. The van der Waals surface area contributed by atoms with Gasteiger partial charge in [0, 0.05) is 50.6 Å². The van der Waals surface area contributed by atoms with E-state index in [1.807, 2.05) is 28.6 Å². The van der Waals surface area contributed by atoms with E-state index < -0.39 is 6.23 Å². The van der Waals surface area contributed by atoms with E-state index in [4.69, 9.17) is 15.8 Å². The van der Waals surface area contributed by atoms with Crippen LogP contribution < -0.4 is 16.0 Å². The fourth-order valence-corrected chi connectivity index (χ4v) is 5.08. The van der Waals surface area contributed by atoms with Gasteiger partial charge >= 0.3 is 0 Å². The highest BCUT2D eigenvalue weighted by Gasteiger charge is 2.33. The Morgan fingerprint density at radius 3 is 2.79 bits per heavy atom. The lowest BCUT2D eigenvalue weighted by Gasteiger charge is -2.34. The van der Waals surface area contributed by atoms with Gasteiger partial charge in [0.25, 0.3) is 5.91 Å². The number of nitrogens with one attached hydrogen (secondary N) is 1. The van der Waals surface area contributed by atoms with Crippen LogP contribution in [-0.4, -0.2) is 73.0 Å². The van der Waals surface area contributed by atoms with Crippen LogP contribution in [0.3, 0.4) is 0 Å². The smallest absolute Gasteiger partial charge is 0.272 e. The van der Waals surface area contributed by atoms with Gasteiger partial charge in [-0.3, -0.25) is 14.8 Å². The van der Waals surface area contributed by atoms with E-state index in [0.717, 1.165) is 61.5 Å². The van der Waals surface area contributed by atoms with Crippen LogP contribution in [0.25, 0.3) is 5.65 Å². The third-order valence-electron chi connectivity index (χ3n) is 6.92. The zero-order valence-corrected chi connectivity index (χ0v) is 20.0. The number of nitrogens with zero attached hydrogens (tertiary/aromatic N) is 7. The molecule has 0 bridgehead atoms. The molecule has 3 atom stereocenters. The minimum atomic E-state index is -0.919. The summed E-state index contributed by atoms with van der Waals surface area (Å²) in [6.07, 6.45) is 4.87. The fraction of sp³-hybridized carbons (Fsp3) is 0.565. The van der Waals surface area contributed by atoms with Crippen molar-refractivity contribution in [3.05, 3.63) is 41.0 Å². The second kappa shape index (κ2) is 8.97. The van der Waals surface area contributed by atoms with Crippen molar-refractivity contribution in [3.8, 4) is 0 Å². The summed E-state index contributed by atoms with van der Waals surface area (Å²) in [5.41, 5.74) is 9.64. The minimum absolute atomic E-state index is 0.109. The molecule has 0 aromatic carbocycles. The second-order valence-corrected chi connectivity index (χ2v) is 9.39. The number of anilines is 1. The summed E-state index contributed by atoms with van der Waals surface area (Å²) in [6, 6.07) is 3.69. The lowest BCUT2D eigenvalue weighted by molar-refractivity contribution is 0.0594. The Hall–Kier alpha value is -3.02. The molecule has 3 unspecified atom stereocenters. The first kappa shape index (κ1) is 22.8. The van der Waals surface area contributed by atoms with Gasteiger partial charge in [-0.05, 0) is 45.7 Å². The van der Waals surface area contributed by atoms with Crippen molar-refractivity contribution in [1.82, 2.24) is 34.6 Å². The number of aliphatic hydroxyl groups excluding tert-OH is 1. The van der Waals surface area contributed by atoms with Crippen molar-refractivity contribution >= 4 is 17.4 Å².